The third-order valence-corrected chi connectivity index (χ3v) is 6.04. The molecule has 2 aromatic carbocycles. The molecule has 3 aromatic rings. The number of rotatable bonds is 5. The van der Waals surface area contributed by atoms with E-state index in [1.165, 1.54) is 11.8 Å². The van der Waals surface area contributed by atoms with E-state index in [-0.39, 0.29) is 5.91 Å². The molecule has 0 atom stereocenters. The summed E-state index contributed by atoms with van der Waals surface area (Å²) in [7, 11) is 0. The minimum Gasteiger partial charge on any atom is -0.312 e. The number of thioether (sulfide) groups is 1. The number of para-hydroxylation sites is 1. The van der Waals surface area contributed by atoms with Crippen molar-refractivity contribution in [3.05, 3.63) is 66.0 Å². The number of thiazole rings is 1. The van der Waals surface area contributed by atoms with Gasteiger partial charge in [-0.05, 0) is 12.1 Å². The lowest BCUT2D eigenvalue weighted by molar-refractivity contribution is -0.117. The summed E-state index contributed by atoms with van der Waals surface area (Å²) in [4.78, 5) is 16.8. The lowest BCUT2D eigenvalue weighted by atomic mass is 10.2. The number of amides is 1. The Bertz CT molecular complexity index is 941. The molecule has 5 nitrogen and oxygen atoms in total. The van der Waals surface area contributed by atoms with Crippen molar-refractivity contribution in [2.75, 3.05) is 17.3 Å². The fourth-order valence-corrected chi connectivity index (χ4v) is 4.36. The highest BCUT2D eigenvalue weighted by Gasteiger charge is 2.18. The molecule has 1 aliphatic heterocycles. The Labute approximate surface area is 166 Å². The minimum atomic E-state index is -0.0508. The summed E-state index contributed by atoms with van der Waals surface area (Å²) in [5, 5.41) is 11.3. The van der Waals surface area contributed by atoms with Gasteiger partial charge in [-0.3, -0.25) is 9.80 Å². The maximum Gasteiger partial charge on any atom is 0.235 e. The molecule has 0 spiro atoms. The smallest absolute Gasteiger partial charge is 0.235 e. The third kappa shape index (κ3) is 4.56. The molecule has 0 aliphatic carbocycles. The van der Waals surface area contributed by atoms with Crippen molar-refractivity contribution in [1.82, 2.24) is 10.3 Å². The number of carbonyl (C=O) groups is 1. The molecule has 7 heteroatoms. The van der Waals surface area contributed by atoms with Gasteiger partial charge in [0, 0.05) is 23.9 Å². The zero-order chi connectivity index (χ0) is 18.5. The number of nitrogens with one attached hydrogen (secondary N) is 1. The zero-order valence-corrected chi connectivity index (χ0v) is 16.2. The number of hydrogen-bond acceptors (Lipinski definition) is 6. The van der Waals surface area contributed by atoms with Crippen LogP contribution in [0.15, 0.2) is 75.5 Å². The molecule has 0 radical (unpaired) electrons. The van der Waals surface area contributed by atoms with Crippen LogP contribution in [0.1, 0.15) is 6.42 Å². The number of anilines is 1. The predicted molar refractivity (Wildman–Crippen MR) is 112 cm³/mol. The fraction of sp³-hybridized carbons (Fsp3) is 0.150. The second-order valence-corrected chi connectivity index (χ2v) is 8.04. The van der Waals surface area contributed by atoms with Crippen molar-refractivity contribution in [3.63, 3.8) is 0 Å². The van der Waals surface area contributed by atoms with Crippen LogP contribution in [0.2, 0.25) is 0 Å². The van der Waals surface area contributed by atoms with Gasteiger partial charge in [0.05, 0.1) is 17.1 Å². The Kier molecular flexibility index (Phi) is 5.50. The summed E-state index contributed by atoms with van der Waals surface area (Å²) >= 11 is 3.01. The van der Waals surface area contributed by atoms with Crippen LogP contribution in [0.3, 0.4) is 0 Å². The van der Waals surface area contributed by atoms with E-state index in [4.69, 9.17) is 0 Å². The summed E-state index contributed by atoms with van der Waals surface area (Å²) in [6.07, 6.45) is 0.737. The summed E-state index contributed by atoms with van der Waals surface area (Å²) in [5.41, 5.74) is 3.07. The van der Waals surface area contributed by atoms with E-state index in [0.29, 0.717) is 11.6 Å². The number of nitrogens with zero attached hydrogens (tertiary/aromatic N) is 3. The van der Waals surface area contributed by atoms with Gasteiger partial charge in [0.15, 0.2) is 4.34 Å². The van der Waals surface area contributed by atoms with Gasteiger partial charge < -0.3 is 5.32 Å². The molecule has 136 valence electrons. The number of carbonyl (C=O) groups excluding carboxylic acids is 1. The third-order valence-electron chi connectivity index (χ3n) is 4.02. The van der Waals surface area contributed by atoms with Crippen LogP contribution < -0.4 is 10.3 Å². The second kappa shape index (κ2) is 8.37. The fourth-order valence-electron chi connectivity index (χ4n) is 2.72. The monoisotopic (exact) mass is 394 g/mol. The molecule has 0 bridgehead atoms. The predicted octanol–water partition coefficient (Wildman–Crippen LogP) is 4.24. The molecule has 0 saturated carbocycles. The van der Waals surface area contributed by atoms with Crippen molar-refractivity contribution in [1.29, 1.82) is 0 Å². The van der Waals surface area contributed by atoms with Crippen LogP contribution >= 0.6 is 23.1 Å². The van der Waals surface area contributed by atoms with Crippen LogP contribution in [0.5, 0.6) is 0 Å². The van der Waals surface area contributed by atoms with Gasteiger partial charge in [-0.15, -0.1) is 11.3 Å². The van der Waals surface area contributed by atoms with E-state index < -0.39 is 0 Å². The number of amidine groups is 1. The van der Waals surface area contributed by atoms with Gasteiger partial charge in [0.2, 0.25) is 5.91 Å². The van der Waals surface area contributed by atoms with E-state index >= 15 is 0 Å². The van der Waals surface area contributed by atoms with Gasteiger partial charge in [-0.1, -0.05) is 60.3 Å². The van der Waals surface area contributed by atoms with Crippen LogP contribution in [0.4, 0.5) is 5.69 Å². The quantitative estimate of drug-likeness (QED) is 0.658. The van der Waals surface area contributed by atoms with Crippen LogP contribution in [-0.2, 0) is 4.79 Å². The highest BCUT2D eigenvalue weighted by atomic mass is 32.2. The molecule has 0 saturated heterocycles. The molecule has 4 rings (SSSR count). The normalized spacial score (nSPS) is 13.5. The Morgan fingerprint density at radius 2 is 1.85 bits per heavy atom. The molecule has 0 unspecified atom stereocenters. The summed E-state index contributed by atoms with van der Waals surface area (Å²) in [6, 6.07) is 20.0. The maximum absolute atomic E-state index is 12.2. The highest BCUT2D eigenvalue weighted by Crippen LogP contribution is 2.28. The first kappa shape index (κ1) is 17.8. The molecule has 1 N–H and O–H groups in total. The maximum atomic E-state index is 12.2. The van der Waals surface area contributed by atoms with Gasteiger partial charge in [-0.25, -0.2) is 4.98 Å². The average molecular weight is 395 g/mol. The molecular formula is C20H18N4OS2. The molecular weight excluding hydrogens is 376 g/mol. The van der Waals surface area contributed by atoms with Crippen molar-refractivity contribution in [2.24, 2.45) is 5.10 Å². The molecule has 27 heavy (non-hydrogen) atoms. The van der Waals surface area contributed by atoms with Crippen LogP contribution in [0.25, 0.3) is 11.3 Å². The lowest BCUT2D eigenvalue weighted by Crippen LogP contribution is -2.30. The molecule has 1 aromatic heterocycles. The molecule has 0 fully saturated rings. The van der Waals surface area contributed by atoms with E-state index in [2.05, 4.69) is 15.4 Å². The number of hydrazone groups is 1. The summed E-state index contributed by atoms with van der Waals surface area (Å²) < 4.78 is 0.892. The van der Waals surface area contributed by atoms with E-state index in [1.807, 2.05) is 71.1 Å². The van der Waals surface area contributed by atoms with E-state index in [9.17, 15) is 4.79 Å². The molecule has 1 amide bonds. The number of aromatic nitrogens is 1. The van der Waals surface area contributed by atoms with Crippen molar-refractivity contribution in [2.45, 2.75) is 10.8 Å². The van der Waals surface area contributed by atoms with Crippen molar-refractivity contribution < 1.29 is 4.79 Å². The number of benzene rings is 2. The second-order valence-electron chi connectivity index (χ2n) is 5.96. The topological polar surface area (TPSA) is 57.6 Å². The number of hydrogen-bond donors (Lipinski definition) is 1. The first-order valence-electron chi connectivity index (χ1n) is 8.61. The zero-order valence-electron chi connectivity index (χ0n) is 14.5. The standard InChI is InChI=1S/C20H18N4OS2/c25-19(22-18-11-12-24(23-18)16-9-5-2-6-10-16)14-27-20-21-17(13-26-20)15-7-3-1-4-8-15/h1-10,13H,11-12,14H2,(H,22,23,25). The molecule has 1 aliphatic rings. The minimum absolute atomic E-state index is 0.0508. The first-order chi connectivity index (χ1) is 13.3. The van der Waals surface area contributed by atoms with Gasteiger partial charge in [-0.2, -0.15) is 5.10 Å². The molecule has 2 heterocycles. The highest BCUT2D eigenvalue weighted by molar-refractivity contribution is 8.01. The van der Waals surface area contributed by atoms with Crippen LogP contribution in [0, 0.1) is 0 Å². The largest absolute Gasteiger partial charge is 0.312 e. The van der Waals surface area contributed by atoms with Crippen molar-refractivity contribution in [3.8, 4) is 11.3 Å². The Morgan fingerprint density at radius 3 is 2.63 bits per heavy atom. The van der Waals surface area contributed by atoms with Gasteiger partial charge >= 0.3 is 0 Å². The summed E-state index contributed by atoms with van der Waals surface area (Å²) in [5.74, 6) is 0.991. The van der Waals surface area contributed by atoms with E-state index in [1.54, 1.807) is 11.3 Å². The first-order valence-corrected chi connectivity index (χ1v) is 10.5. The SMILES string of the molecule is O=C(CSc1nc(-c2ccccc2)cs1)NC1=NN(c2ccccc2)CC1. The van der Waals surface area contributed by atoms with Crippen LogP contribution in [-0.4, -0.2) is 29.0 Å². The van der Waals surface area contributed by atoms with E-state index in [0.717, 1.165) is 34.2 Å². The Morgan fingerprint density at radius 1 is 1.11 bits per heavy atom. The van der Waals surface area contributed by atoms with Crippen molar-refractivity contribution >= 4 is 40.5 Å². The lowest BCUT2D eigenvalue weighted by Gasteiger charge is -2.12. The Hall–Kier alpha value is -2.64. The van der Waals surface area contributed by atoms with Gasteiger partial charge in [0.1, 0.15) is 5.84 Å². The Balaban J connectivity index is 1.30. The average Bonchev–Trinajstić information content (AvgIpc) is 3.37. The summed E-state index contributed by atoms with van der Waals surface area (Å²) in [6.45, 7) is 0.777. The van der Waals surface area contributed by atoms with Gasteiger partial charge in [0.25, 0.3) is 0 Å².